The number of nitrogens with zero attached hydrogens (tertiary/aromatic N) is 1. The molecule has 0 saturated carbocycles. The minimum absolute atomic E-state index is 0.0724. The zero-order valence-corrected chi connectivity index (χ0v) is 10.3. The second-order valence-corrected chi connectivity index (χ2v) is 4.67. The highest BCUT2D eigenvalue weighted by atomic mass is 79.9. The molecule has 0 aliphatic heterocycles. The van der Waals surface area contributed by atoms with Crippen LogP contribution in [0.15, 0.2) is 39.7 Å². The maximum absolute atomic E-state index is 11.7. The molecule has 2 aromatic rings. The first-order valence-electron chi connectivity index (χ1n) is 4.90. The number of hydrogen-bond donors (Lipinski definition) is 0. The highest BCUT2D eigenvalue weighted by molar-refractivity contribution is 9.10. The van der Waals surface area contributed by atoms with E-state index in [1.807, 2.05) is 24.4 Å². The highest BCUT2D eigenvalue weighted by Gasteiger charge is 2.07. The van der Waals surface area contributed by atoms with E-state index >= 15 is 0 Å². The zero-order valence-electron chi connectivity index (χ0n) is 8.70. The fourth-order valence-corrected chi connectivity index (χ4v) is 2.29. The molecule has 1 heterocycles. The summed E-state index contributed by atoms with van der Waals surface area (Å²) in [7, 11) is 0. The van der Waals surface area contributed by atoms with E-state index in [1.54, 1.807) is 6.07 Å². The van der Waals surface area contributed by atoms with Gasteiger partial charge in [0, 0.05) is 28.2 Å². The molecule has 0 amide bonds. The Bertz CT molecular complexity index is 557. The lowest BCUT2D eigenvalue weighted by Crippen LogP contribution is -2.09. The molecule has 0 saturated heterocycles. The van der Waals surface area contributed by atoms with Gasteiger partial charge in [0.25, 0.3) is 0 Å². The van der Waals surface area contributed by atoms with E-state index in [0.29, 0.717) is 6.04 Å². The Labute approximate surface area is 96.7 Å². The summed E-state index contributed by atoms with van der Waals surface area (Å²) in [4.78, 5) is 11.7. The topological polar surface area (TPSA) is 22.0 Å². The summed E-state index contributed by atoms with van der Waals surface area (Å²) in [5, 5.41) is 0.764. The Hall–Kier alpha value is -1.09. The summed E-state index contributed by atoms with van der Waals surface area (Å²) >= 11 is 3.49. The smallest absolute Gasteiger partial charge is 0.189 e. The Balaban J connectivity index is 2.97. The number of benzene rings is 1. The number of fused-ring (bicyclic) bond motifs is 1. The van der Waals surface area contributed by atoms with E-state index in [4.69, 9.17) is 0 Å². The lowest BCUT2D eigenvalue weighted by molar-refractivity contribution is 0.617. The third-order valence-corrected chi connectivity index (χ3v) is 3.09. The van der Waals surface area contributed by atoms with Gasteiger partial charge in [-0.2, -0.15) is 0 Å². The monoisotopic (exact) mass is 265 g/mol. The molecule has 0 spiro atoms. The molecule has 0 bridgehead atoms. The molecule has 15 heavy (non-hydrogen) atoms. The molecule has 0 atom stereocenters. The Kier molecular flexibility index (Phi) is 2.65. The summed E-state index contributed by atoms with van der Waals surface area (Å²) < 4.78 is 3.06. The molecular formula is C12H12BrNO. The normalized spacial score (nSPS) is 11.2. The second-order valence-electron chi connectivity index (χ2n) is 3.82. The third kappa shape index (κ3) is 1.72. The van der Waals surface area contributed by atoms with Crippen molar-refractivity contribution in [3.63, 3.8) is 0 Å². The van der Waals surface area contributed by atoms with Crippen LogP contribution in [-0.4, -0.2) is 4.57 Å². The summed E-state index contributed by atoms with van der Waals surface area (Å²) in [6.07, 6.45) is 1.85. The minimum atomic E-state index is 0.0724. The summed E-state index contributed by atoms with van der Waals surface area (Å²) in [6, 6.07) is 7.67. The van der Waals surface area contributed by atoms with E-state index in [1.165, 1.54) is 0 Å². The standard InChI is InChI=1S/C12H12BrNO/c1-8(2)14-7-6-11(15)9-4-3-5-10(13)12(9)14/h3-8H,1-2H3. The van der Waals surface area contributed by atoms with Crippen LogP contribution in [0.2, 0.25) is 0 Å². The van der Waals surface area contributed by atoms with Crippen molar-refractivity contribution in [1.29, 1.82) is 0 Å². The first-order chi connectivity index (χ1) is 7.11. The molecule has 1 aromatic heterocycles. The number of rotatable bonds is 1. The summed E-state index contributed by atoms with van der Waals surface area (Å²) in [6.45, 7) is 4.20. The van der Waals surface area contributed by atoms with Crippen molar-refractivity contribution >= 4 is 26.8 Å². The SMILES string of the molecule is CC(C)n1ccc(=O)c2cccc(Br)c21. The van der Waals surface area contributed by atoms with E-state index < -0.39 is 0 Å². The number of para-hydroxylation sites is 1. The number of hydrogen-bond acceptors (Lipinski definition) is 1. The molecular weight excluding hydrogens is 254 g/mol. The molecule has 0 fully saturated rings. The predicted molar refractivity (Wildman–Crippen MR) is 66.3 cm³/mol. The van der Waals surface area contributed by atoms with Gasteiger partial charge in [-0.15, -0.1) is 0 Å². The van der Waals surface area contributed by atoms with Gasteiger partial charge in [-0.05, 0) is 41.9 Å². The number of pyridine rings is 1. The van der Waals surface area contributed by atoms with Crippen LogP contribution >= 0.6 is 15.9 Å². The quantitative estimate of drug-likeness (QED) is 0.775. The average molecular weight is 266 g/mol. The third-order valence-electron chi connectivity index (χ3n) is 2.45. The Morgan fingerprint density at radius 3 is 2.67 bits per heavy atom. The van der Waals surface area contributed by atoms with Gasteiger partial charge in [-0.3, -0.25) is 4.79 Å². The van der Waals surface area contributed by atoms with Gasteiger partial charge >= 0.3 is 0 Å². The van der Waals surface area contributed by atoms with Crippen LogP contribution in [0.25, 0.3) is 10.9 Å². The van der Waals surface area contributed by atoms with Crippen LogP contribution < -0.4 is 5.43 Å². The van der Waals surface area contributed by atoms with Crippen LogP contribution in [0.3, 0.4) is 0 Å². The van der Waals surface area contributed by atoms with Crippen molar-refractivity contribution in [3.05, 3.63) is 45.2 Å². The second kappa shape index (κ2) is 3.81. The summed E-state index contributed by atoms with van der Waals surface area (Å²) in [5.41, 5.74) is 1.04. The molecule has 0 unspecified atom stereocenters. The highest BCUT2D eigenvalue weighted by Crippen LogP contribution is 2.23. The van der Waals surface area contributed by atoms with Crippen molar-refractivity contribution in [2.45, 2.75) is 19.9 Å². The van der Waals surface area contributed by atoms with Crippen molar-refractivity contribution in [2.75, 3.05) is 0 Å². The van der Waals surface area contributed by atoms with E-state index in [-0.39, 0.29) is 5.43 Å². The fraction of sp³-hybridized carbons (Fsp3) is 0.250. The maximum Gasteiger partial charge on any atom is 0.189 e. The molecule has 0 radical (unpaired) electrons. The first kappa shape index (κ1) is 10.4. The minimum Gasteiger partial charge on any atom is -0.344 e. The van der Waals surface area contributed by atoms with Crippen molar-refractivity contribution in [1.82, 2.24) is 4.57 Å². The fourth-order valence-electron chi connectivity index (χ4n) is 1.72. The van der Waals surface area contributed by atoms with Gasteiger partial charge in [0.15, 0.2) is 5.43 Å². The van der Waals surface area contributed by atoms with Gasteiger partial charge in [0.2, 0.25) is 0 Å². The molecule has 0 N–H and O–H groups in total. The van der Waals surface area contributed by atoms with Crippen molar-refractivity contribution < 1.29 is 0 Å². The van der Waals surface area contributed by atoms with Gasteiger partial charge in [0.05, 0.1) is 5.52 Å². The largest absolute Gasteiger partial charge is 0.344 e. The average Bonchev–Trinajstić information content (AvgIpc) is 2.19. The molecule has 78 valence electrons. The van der Waals surface area contributed by atoms with E-state index in [0.717, 1.165) is 15.4 Å². The molecule has 0 aliphatic carbocycles. The molecule has 3 heteroatoms. The van der Waals surface area contributed by atoms with E-state index in [2.05, 4.69) is 34.3 Å². The molecule has 0 aliphatic rings. The Morgan fingerprint density at radius 2 is 2.00 bits per heavy atom. The van der Waals surface area contributed by atoms with Crippen molar-refractivity contribution in [3.8, 4) is 0 Å². The maximum atomic E-state index is 11.7. The van der Waals surface area contributed by atoms with Gasteiger partial charge in [0.1, 0.15) is 0 Å². The first-order valence-corrected chi connectivity index (χ1v) is 5.70. The molecule has 2 rings (SSSR count). The van der Waals surface area contributed by atoms with Crippen molar-refractivity contribution in [2.24, 2.45) is 0 Å². The number of aromatic nitrogens is 1. The van der Waals surface area contributed by atoms with Crippen LogP contribution in [0.4, 0.5) is 0 Å². The molecule has 2 nitrogen and oxygen atoms in total. The lowest BCUT2D eigenvalue weighted by atomic mass is 10.2. The molecule has 1 aromatic carbocycles. The van der Waals surface area contributed by atoms with Gasteiger partial charge in [-0.25, -0.2) is 0 Å². The zero-order chi connectivity index (χ0) is 11.0. The number of halogens is 1. The van der Waals surface area contributed by atoms with Gasteiger partial charge < -0.3 is 4.57 Å². The lowest BCUT2D eigenvalue weighted by Gasteiger charge is -2.15. The van der Waals surface area contributed by atoms with E-state index in [9.17, 15) is 4.79 Å². The van der Waals surface area contributed by atoms with Crippen LogP contribution in [0.1, 0.15) is 19.9 Å². The van der Waals surface area contributed by atoms with Crippen LogP contribution in [-0.2, 0) is 0 Å². The van der Waals surface area contributed by atoms with Crippen LogP contribution in [0.5, 0.6) is 0 Å². The summed E-state index contributed by atoms with van der Waals surface area (Å²) in [5.74, 6) is 0. The van der Waals surface area contributed by atoms with Crippen LogP contribution in [0, 0.1) is 0 Å². The Morgan fingerprint density at radius 1 is 1.27 bits per heavy atom. The predicted octanol–water partition coefficient (Wildman–Crippen LogP) is 3.34. The van der Waals surface area contributed by atoms with Gasteiger partial charge in [-0.1, -0.05) is 6.07 Å².